The van der Waals surface area contributed by atoms with Crippen LogP contribution in [0.25, 0.3) is 10.9 Å². The number of methoxy groups -OCH3 is 3. The summed E-state index contributed by atoms with van der Waals surface area (Å²) in [5, 5.41) is 4.80. The fourth-order valence-electron chi connectivity index (χ4n) is 3.89. The monoisotopic (exact) mass is 459 g/mol. The number of aromatic amines is 1. The van der Waals surface area contributed by atoms with Crippen LogP contribution >= 0.6 is 12.2 Å². The van der Waals surface area contributed by atoms with Gasteiger partial charge in [-0.15, -0.1) is 0 Å². The zero-order valence-corrected chi connectivity index (χ0v) is 20.0. The van der Waals surface area contributed by atoms with Crippen molar-refractivity contribution in [3.8, 4) is 17.2 Å². The Morgan fingerprint density at radius 2 is 1.78 bits per heavy atom. The van der Waals surface area contributed by atoms with Crippen molar-refractivity contribution in [2.45, 2.75) is 26.8 Å². The lowest BCUT2D eigenvalue weighted by Gasteiger charge is -2.26. The van der Waals surface area contributed by atoms with Crippen molar-refractivity contribution >= 4 is 28.2 Å². The number of thiocarbonyl (C=S) groups is 1. The third-order valence-corrected chi connectivity index (χ3v) is 5.83. The molecule has 0 unspecified atom stereocenters. The van der Waals surface area contributed by atoms with Crippen LogP contribution in [-0.2, 0) is 13.0 Å². The number of fused-ring (bicyclic) bond motifs is 1. The second-order valence-corrected chi connectivity index (χ2v) is 7.85. The largest absolute Gasteiger partial charge is 0.493 e. The van der Waals surface area contributed by atoms with Crippen molar-refractivity contribution < 1.29 is 18.6 Å². The third-order valence-electron chi connectivity index (χ3n) is 5.43. The number of hydrogen-bond acceptors (Lipinski definition) is 4. The number of aromatic nitrogens is 1. The van der Waals surface area contributed by atoms with Gasteiger partial charge in [0.15, 0.2) is 16.6 Å². The topological polar surface area (TPSA) is 58.8 Å². The Kier molecular flexibility index (Phi) is 7.80. The molecule has 0 fully saturated rings. The van der Waals surface area contributed by atoms with Crippen molar-refractivity contribution in [1.29, 1.82) is 0 Å². The Hall–Kier alpha value is -3.00. The quantitative estimate of drug-likeness (QED) is 0.457. The van der Waals surface area contributed by atoms with Crippen LogP contribution in [0.4, 0.5) is 4.39 Å². The first-order chi connectivity index (χ1) is 15.4. The Morgan fingerprint density at radius 3 is 2.38 bits per heavy atom. The molecule has 32 heavy (non-hydrogen) atoms. The number of H-pyrrole nitrogens is 1. The van der Waals surface area contributed by atoms with Gasteiger partial charge in [-0.3, -0.25) is 0 Å². The van der Waals surface area contributed by atoms with Crippen LogP contribution in [0.15, 0.2) is 30.3 Å². The Labute approximate surface area is 193 Å². The van der Waals surface area contributed by atoms with Gasteiger partial charge in [-0.05, 0) is 73.9 Å². The maximum atomic E-state index is 13.9. The number of aryl methyl sites for hydroxylation is 1. The van der Waals surface area contributed by atoms with Gasteiger partial charge in [0.2, 0.25) is 5.75 Å². The zero-order valence-electron chi connectivity index (χ0n) is 19.2. The molecule has 0 saturated carbocycles. The number of benzene rings is 2. The molecule has 0 amide bonds. The lowest BCUT2D eigenvalue weighted by molar-refractivity contribution is 0.322. The van der Waals surface area contributed by atoms with E-state index in [2.05, 4.69) is 15.2 Å². The van der Waals surface area contributed by atoms with E-state index < -0.39 is 0 Å². The van der Waals surface area contributed by atoms with E-state index in [9.17, 15) is 4.39 Å². The normalized spacial score (nSPS) is 10.8. The minimum absolute atomic E-state index is 0.241. The molecule has 6 nitrogen and oxygen atoms in total. The number of rotatable bonds is 9. The molecule has 3 aromatic rings. The van der Waals surface area contributed by atoms with Crippen molar-refractivity contribution in [3.05, 3.63) is 53.0 Å². The summed E-state index contributed by atoms with van der Waals surface area (Å²) in [4.78, 5) is 5.44. The molecule has 0 aliphatic heterocycles. The van der Waals surface area contributed by atoms with E-state index in [1.54, 1.807) is 33.5 Å². The second-order valence-electron chi connectivity index (χ2n) is 7.46. The average molecular weight is 460 g/mol. The van der Waals surface area contributed by atoms with Crippen molar-refractivity contribution in [2.24, 2.45) is 0 Å². The SMILES string of the molecule is CCNC(=S)N(CCc1c(C)[nH]c2ccc(F)cc12)Cc1cc(OC)c(OC)c(OC)c1. The second kappa shape index (κ2) is 10.5. The highest BCUT2D eigenvalue weighted by molar-refractivity contribution is 7.80. The van der Waals surface area contributed by atoms with Crippen molar-refractivity contribution in [3.63, 3.8) is 0 Å². The van der Waals surface area contributed by atoms with Gasteiger partial charge < -0.3 is 29.4 Å². The van der Waals surface area contributed by atoms with Gasteiger partial charge in [0.25, 0.3) is 0 Å². The van der Waals surface area contributed by atoms with Crippen LogP contribution in [0.1, 0.15) is 23.7 Å². The molecule has 2 aromatic carbocycles. The van der Waals surface area contributed by atoms with Gasteiger partial charge >= 0.3 is 0 Å². The van der Waals surface area contributed by atoms with Gasteiger partial charge in [0, 0.05) is 36.2 Å². The average Bonchev–Trinajstić information content (AvgIpc) is 3.09. The first kappa shape index (κ1) is 23.7. The molecule has 3 rings (SSSR count). The van der Waals surface area contributed by atoms with E-state index in [0.29, 0.717) is 41.9 Å². The molecule has 1 heterocycles. The van der Waals surface area contributed by atoms with Crippen LogP contribution in [0, 0.1) is 12.7 Å². The number of nitrogens with zero attached hydrogens (tertiary/aromatic N) is 1. The van der Waals surface area contributed by atoms with Crippen LogP contribution in [0.5, 0.6) is 17.2 Å². The van der Waals surface area contributed by atoms with E-state index in [1.807, 2.05) is 26.0 Å². The lowest BCUT2D eigenvalue weighted by atomic mass is 10.1. The number of hydrogen-bond donors (Lipinski definition) is 2. The fourth-order valence-corrected chi connectivity index (χ4v) is 4.19. The van der Waals surface area contributed by atoms with Gasteiger partial charge in [-0.25, -0.2) is 4.39 Å². The van der Waals surface area contributed by atoms with E-state index in [-0.39, 0.29) is 5.82 Å². The summed E-state index contributed by atoms with van der Waals surface area (Å²) in [5.74, 6) is 1.50. The highest BCUT2D eigenvalue weighted by Crippen LogP contribution is 2.38. The molecule has 0 atom stereocenters. The van der Waals surface area contributed by atoms with Crippen molar-refractivity contribution in [1.82, 2.24) is 15.2 Å². The Balaban J connectivity index is 1.88. The molecule has 0 aliphatic rings. The Bertz CT molecular complexity index is 1070. The molecule has 0 spiro atoms. The smallest absolute Gasteiger partial charge is 0.203 e. The Morgan fingerprint density at radius 1 is 1.09 bits per heavy atom. The van der Waals surface area contributed by atoms with Gasteiger partial charge in [0.1, 0.15) is 5.82 Å². The molecule has 0 aliphatic carbocycles. The van der Waals surface area contributed by atoms with Crippen LogP contribution in [0.2, 0.25) is 0 Å². The third kappa shape index (κ3) is 5.07. The lowest BCUT2D eigenvalue weighted by Crippen LogP contribution is -2.40. The maximum absolute atomic E-state index is 13.9. The molecular weight excluding hydrogens is 429 g/mol. The molecule has 2 N–H and O–H groups in total. The predicted molar refractivity (Wildman–Crippen MR) is 129 cm³/mol. The van der Waals surface area contributed by atoms with E-state index in [0.717, 1.165) is 34.3 Å². The van der Waals surface area contributed by atoms with E-state index in [1.165, 1.54) is 6.07 Å². The summed E-state index contributed by atoms with van der Waals surface area (Å²) in [7, 11) is 4.78. The molecular formula is C24H30FN3O3S. The standard InChI is InChI=1S/C24H30FN3O3S/c1-6-26-24(32)28(14-16-11-21(29-3)23(31-5)22(12-16)30-4)10-9-18-15(2)27-20-8-7-17(25)13-19(18)20/h7-8,11-13,27H,6,9-10,14H2,1-5H3,(H,26,32). The molecule has 172 valence electrons. The summed E-state index contributed by atoms with van der Waals surface area (Å²) in [6.45, 7) is 5.96. The van der Waals surface area contributed by atoms with Gasteiger partial charge in [-0.1, -0.05) is 0 Å². The summed E-state index contributed by atoms with van der Waals surface area (Å²) in [6, 6.07) is 8.68. The van der Waals surface area contributed by atoms with Crippen LogP contribution < -0.4 is 19.5 Å². The molecule has 0 saturated heterocycles. The first-order valence-electron chi connectivity index (χ1n) is 10.5. The number of ether oxygens (including phenoxy) is 3. The minimum atomic E-state index is -0.241. The molecule has 0 radical (unpaired) electrons. The maximum Gasteiger partial charge on any atom is 0.203 e. The highest BCUT2D eigenvalue weighted by atomic mass is 32.1. The molecule has 8 heteroatoms. The van der Waals surface area contributed by atoms with Crippen molar-refractivity contribution in [2.75, 3.05) is 34.4 Å². The highest BCUT2D eigenvalue weighted by Gasteiger charge is 2.18. The predicted octanol–water partition coefficient (Wildman–Crippen LogP) is 4.58. The van der Waals surface area contributed by atoms with Gasteiger partial charge in [-0.2, -0.15) is 0 Å². The zero-order chi connectivity index (χ0) is 23.3. The summed E-state index contributed by atoms with van der Waals surface area (Å²) in [5.41, 5.74) is 4.03. The molecule has 0 bridgehead atoms. The van der Waals surface area contributed by atoms with Gasteiger partial charge in [0.05, 0.1) is 21.3 Å². The minimum Gasteiger partial charge on any atom is -0.493 e. The number of halogens is 1. The van der Waals surface area contributed by atoms with Crippen LogP contribution in [-0.4, -0.2) is 49.4 Å². The van der Waals surface area contributed by atoms with E-state index in [4.69, 9.17) is 26.4 Å². The fraction of sp³-hybridized carbons (Fsp3) is 0.375. The first-order valence-corrected chi connectivity index (χ1v) is 10.9. The number of nitrogens with one attached hydrogen (secondary N) is 2. The van der Waals surface area contributed by atoms with Crippen LogP contribution in [0.3, 0.4) is 0 Å². The molecule has 1 aromatic heterocycles. The summed E-state index contributed by atoms with van der Waals surface area (Å²) in [6.07, 6.45) is 0.714. The summed E-state index contributed by atoms with van der Waals surface area (Å²) >= 11 is 5.65. The van der Waals surface area contributed by atoms with E-state index >= 15 is 0 Å². The summed E-state index contributed by atoms with van der Waals surface area (Å²) < 4.78 is 30.3.